The first-order valence-corrected chi connectivity index (χ1v) is 13.5. The Bertz CT molecular complexity index is 1460. The van der Waals surface area contributed by atoms with Crippen molar-refractivity contribution in [2.45, 2.75) is 51.2 Å². The van der Waals surface area contributed by atoms with Crippen molar-refractivity contribution >= 4 is 44.4 Å². The van der Waals surface area contributed by atoms with Crippen LogP contribution in [0.4, 0.5) is 15.5 Å². The fourth-order valence-electron chi connectivity index (χ4n) is 4.47. The number of aliphatic hydroxyl groups excluding tert-OH is 1. The second-order valence-electron chi connectivity index (χ2n) is 9.71. The van der Waals surface area contributed by atoms with Crippen molar-refractivity contribution in [2.75, 3.05) is 29.9 Å². The van der Waals surface area contributed by atoms with Crippen LogP contribution in [0.3, 0.4) is 0 Å². The molecule has 9 nitrogen and oxygen atoms in total. The minimum atomic E-state index is -0.749. The highest BCUT2D eigenvalue weighted by Gasteiger charge is 2.32. The van der Waals surface area contributed by atoms with Gasteiger partial charge in [-0.25, -0.2) is 9.37 Å². The highest BCUT2D eigenvalue weighted by molar-refractivity contribution is 7.22. The summed E-state index contributed by atoms with van der Waals surface area (Å²) in [6, 6.07) is 5.03. The van der Waals surface area contributed by atoms with Crippen LogP contribution in [-0.2, 0) is 4.74 Å². The SMILES string of the molecule is CC1CN(c2nc(-c3ccc(Cl)cc3F)c3sc(N(C)C(C)O)nc3n2)CC(c2cnn(C3CC3)c2)O1. The quantitative estimate of drug-likeness (QED) is 0.346. The Morgan fingerprint density at radius 1 is 1.24 bits per heavy atom. The number of fused-ring (bicyclic) bond motifs is 1. The van der Waals surface area contributed by atoms with Crippen LogP contribution >= 0.6 is 22.9 Å². The van der Waals surface area contributed by atoms with Crippen molar-refractivity contribution in [1.82, 2.24) is 24.7 Å². The molecule has 194 valence electrons. The van der Waals surface area contributed by atoms with Crippen LogP contribution < -0.4 is 9.80 Å². The van der Waals surface area contributed by atoms with E-state index in [9.17, 15) is 5.11 Å². The Hall–Kier alpha value is -2.86. The Morgan fingerprint density at radius 3 is 2.78 bits per heavy atom. The van der Waals surface area contributed by atoms with Gasteiger partial charge in [0.25, 0.3) is 0 Å². The van der Waals surface area contributed by atoms with Crippen LogP contribution in [0.5, 0.6) is 0 Å². The standard InChI is InChI=1S/C25H27ClFN7O2S/c1-13-10-33(12-20(36-13)15-9-28-34(11-15)17-5-6-17)24-29-21(18-7-4-16(26)8-19(18)27)22-23(30-24)31-25(37-22)32(3)14(2)35/h4,7-9,11,13-14,17,20,35H,5-6,10,12H2,1-3H3. The van der Waals surface area contributed by atoms with Gasteiger partial charge in [0.1, 0.15) is 22.8 Å². The first-order chi connectivity index (χ1) is 17.8. The zero-order valence-electron chi connectivity index (χ0n) is 20.7. The van der Waals surface area contributed by atoms with Crippen LogP contribution in [-0.4, -0.2) is 62.3 Å². The molecule has 1 saturated carbocycles. The normalized spacial score (nSPS) is 21.0. The van der Waals surface area contributed by atoms with Crippen LogP contribution in [0.2, 0.25) is 5.02 Å². The van der Waals surface area contributed by atoms with E-state index >= 15 is 4.39 Å². The molecule has 2 fully saturated rings. The molecule has 37 heavy (non-hydrogen) atoms. The zero-order valence-corrected chi connectivity index (χ0v) is 22.2. The molecule has 0 bridgehead atoms. The Balaban J connectivity index is 1.42. The van der Waals surface area contributed by atoms with Crippen molar-refractivity contribution in [1.29, 1.82) is 0 Å². The van der Waals surface area contributed by atoms with E-state index < -0.39 is 12.0 Å². The van der Waals surface area contributed by atoms with Gasteiger partial charge in [-0.1, -0.05) is 22.9 Å². The topological polar surface area (TPSA) is 92.4 Å². The van der Waals surface area contributed by atoms with Crippen LogP contribution in [0, 0.1) is 5.82 Å². The molecule has 0 radical (unpaired) electrons. The molecule has 4 heterocycles. The summed E-state index contributed by atoms with van der Waals surface area (Å²) >= 11 is 7.33. The molecule has 0 spiro atoms. The molecule has 1 aliphatic carbocycles. The average Bonchev–Trinajstić information content (AvgIpc) is 3.42. The monoisotopic (exact) mass is 543 g/mol. The third-order valence-corrected chi connectivity index (χ3v) is 8.11. The van der Waals surface area contributed by atoms with Gasteiger partial charge in [-0.3, -0.25) is 4.68 Å². The van der Waals surface area contributed by atoms with Gasteiger partial charge >= 0.3 is 0 Å². The van der Waals surface area contributed by atoms with Crippen LogP contribution in [0.25, 0.3) is 21.6 Å². The van der Waals surface area contributed by atoms with Gasteiger partial charge in [0, 0.05) is 35.9 Å². The number of anilines is 2. The first kappa shape index (κ1) is 24.5. The molecule has 12 heteroatoms. The molecule has 1 saturated heterocycles. The number of nitrogens with zero attached hydrogens (tertiary/aromatic N) is 7. The number of aliphatic hydroxyl groups is 1. The summed E-state index contributed by atoms with van der Waals surface area (Å²) in [4.78, 5) is 18.0. The molecular weight excluding hydrogens is 517 g/mol. The molecule has 1 aromatic carbocycles. The fourth-order valence-corrected chi connectivity index (χ4v) is 5.68. The molecule has 3 aromatic heterocycles. The number of benzene rings is 1. The van der Waals surface area contributed by atoms with Crippen molar-refractivity contribution < 1.29 is 14.2 Å². The summed E-state index contributed by atoms with van der Waals surface area (Å²) in [5, 5.41) is 15.5. The van der Waals surface area contributed by atoms with E-state index in [0.29, 0.717) is 56.8 Å². The maximum atomic E-state index is 15.1. The van der Waals surface area contributed by atoms with Crippen molar-refractivity contribution in [2.24, 2.45) is 0 Å². The molecule has 3 atom stereocenters. The van der Waals surface area contributed by atoms with Crippen molar-refractivity contribution in [3.63, 3.8) is 0 Å². The molecule has 1 aliphatic heterocycles. The predicted molar refractivity (Wildman–Crippen MR) is 142 cm³/mol. The first-order valence-electron chi connectivity index (χ1n) is 12.3. The van der Waals surface area contributed by atoms with E-state index in [4.69, 9.17) is 26.3 Å². The van der Waals surface area contributed by atoms with Gasteiger partial charge in [0.2, 0.25) is 5.95 Å². The number of hydrogen-bond acceptors (Lipinski definition) is 9. The lowest BCUT2D eigenvalue weighted by Gasteiger charge is -2.36. The molecule has 0 amide bonds. The van der Waals surface area contributed by atoms with Crippen molar-refractivity contribution in [3.05, 3.63) is 47.0 Å². The third kappa shape index (κ3) is 4.76. The van der Waals surface area contributed by atoms with Gasteiger partial charge in [-0.2, -0.15) is 15.1 Å². The van der Waals surface area contributed by atoms with E-state index in [-0.39, 0.29) is 12.2 Å². The number of hydrogen-bond donors (Lipinski definition) is 1. The molecule has 1 N–H and O–H groups in total. The van der Waals surface area contributed by atoms with Gasteiger partial charge in [0.05, 0.1) is 30.6 Å². The van der Waals surface area contributed by atoms with E-state index in [0.717, 1.165) is 18.4 Å². The zero-order chi connectivity index (χ0) is 25.8. The van der Waals surface area contributed by atoms with Crippen LogP contribution in [0.15, 0.2) is 30.6 Å². The summed E-state index contributed by atoms with van der Waals surface area (Å²) in [6.45, 7) is 4.77. The highest BCUT2D eigenvalue weighted by atomic mass is 35.5. The lowest BCUT2D eigenvalue weighted by molar-refractivity contribution is -0.0178. The minimum absolute atomic E-state index is 0.0783. The van der Waals surface area contributed by atoms with E-state index in [1.54, 1.807) is 31.0 Å². The Morgan fingerprint density at radius 2 is 2.05 bits per heavy atom. The Kier molecular flexibility index (Phi) is 6.26. The number of aromatic nitrogens is 5. The maximum Gasteiger partial charge on any atom is 0.228 e. The highest BCUT2D eigenvalue weighted by Crippen LogP contribution is 2.39. The van der Waals surface area contributed by atoms with E-state index in [1.807, 2.05) is 17.8 Å². The third-order valence-electron chi connectivity index (χ3n) is 6.74. The van der Waals surface area contributed by atoms with E-state index in [1.165, 1.54) is 17.4 Å². The minimum Gasteiger partial charge on any atom is -0.374 e. The molecular formula is C25H27ClFN7O2S. The largest absolute Gasteiger partial charge is 0.374 e. The van der Waals surface area contributed by atoms with Gasteiger partial charge in [0.15, 0.2) is 10.8 Å². The van der Waals surface area contributed by atoms with Crippen molar-refractivity contribution in [3.8, 4) is 11.3 Å². The number of halogens is 2. The summed E-state index contributed by atoms with van der Waals surface area (Å²) in [6.07, 6.45) is 5.23. The molecule has 3 unspecified atom stereocenters. The van der Waals surface area contributed by atoms with Gasteiger partial charge in [-0.15, -0.1) is 0 Å². The smallest absolute Gasteiger partial charge is 0.228 e. The number of thiazole rings is 1. The van der Waals surface area contributed by atoms with Gasteiger partial charge < -0.3 is 19.6 Å². The summed E-state index contributed by atoms with van der Waals surface area (Å²) in [5.74, 6) is -0.0267. The predicted octanol–water partition coefficient (Wildman–Crippen LogP) is 4.82. The number of ether oxygens (including phenoxy) is 1. The average molecular weight is 544 g/mol. The Labute approximate surface area is 222 Å². The summed E-state index contributed by atoms with van der Waals surface area (Å²) in [5.41, 5.74) is 2.22. The summed E-state index contributed by atoms with van der Waals surface area (Å²) < 4.78 is 24.0. The number of rotatable bonds is 6. The molecule has 6 rings (SSSR count). The molecule has 2 aliphatic rings. The van der Waals surface area contributed by atoms with E-state index in [2.05, 4.69) is 21.2 Å². The fraction of sp³-hybridized carbons (Fsp3) is 0.440. The number of morpholine rings is 1. The van der Waals surface area contributed by atoms with Gasteiger partial charge in [-0.05, 0) is 44.9 Å². The second kappa shape index (κ2) is 9.46. The second-order valence-corrected chi connectivity index (χ2v) is 11.1. The lowest BCUT2D eigenvalue weighted by Crippen LogP contribution is -2.43. The van der Waals surface area contributed by atoms with Crippen LogP contribution in [0.1, 0.15) is 44.4 Å². The summed E-state index contributed by atoms with van der Waals surface area (Å²) in [7, 11) is 1.75. The molecule has 4 aromatic rings. The maximum absolute atomic E-state index is 15.1. The lowest BCUT2D eigenvalue weighted by atomic mass is 10.1.